The first-order valence-corrected chi connectivity index (χ1v) is 5.84. The predicted molar refractivity (Wildman–Crippen MR) is 55.2 cm³/mol. The molecule has 0 aliphatic carbocycles. The van der Waals surface area contributed by atoms with Gasteiger partial charge in [-0.3, -0.25) is 0 Å². The van der Waals surface area contributed by atoms with Crippen molar-refractivity contribution >= 4 is 10.0 Å². The van der Waals surface area contributed by atoms with Crippen molar-refractivity contribution in [3.8, 4) is 5.75 Å². The molecule has 1 aromatic rings. The summed E-state index contributed by atoms with van der Waals surface area (Å²) in [4.78, 5) is -0.0593. The molecule has 6 heteroatoms. The molecule has 0 radical (unpaired) electrons. The van der Waals surface area contributed by atoms with Gasteiger partial charge in [-0.25, -0.2) is 13.6 Å². The summed E-state index contributed by atoms with van der Waals surface area (Å²) in [6.07, 6.45) is 0.381. The maximum atomic E-state index is 11.2. The number of sulfonamides is 1. The Labute approximate surface area is 88.5 Å². The second-order valence-corrected chi connectivity index (χ2v) is 4.53. The Balaban J connectivity index is 3.26. The second kappa shape index (κ2) is 4.61. The molecule has 0 spiro atoms. The Morgan fingerprint density at radius 2 is 2.13 bits per heavy atom. The van der Waals surface area contributed by atoms with E-state index in [-0.39, 0.29) is 17.3 Å². The van der Waals surface area contributed by atoms with E-state index in [1.165, 1.54) is 19.2 Å². The number of ether oxygens (including phenoxy) is 1. The number of benzene rings is 1. The minimum absolute atomic E-state index is 0.0453. The van der Waals surface area contributed by atoms with Crippen molar-refractivity contribution in [2.24, 2.45) is 5.14 Å². The number of aliphatic hydroxyl groups excluding tert-OH is 1. The Morgan fingerprint density at radius 1 is 1.47 bits per heavy atom. The van der Waals surface area contributed by atoms with E-state index in [9.17, 15) is 8.42 Å². The van der Waals surface area contributed by atoms with Crippen molar-refractivity contribution in [1.29, 1.82) is 0 Å². The molecule has 0 fully saturated rings. The Bertz CT molecular complexity index is 441. The molecule has 15 heavy (non-hydrogen) atoms. The number of primary sulfonamides is 1. The van der Waals surface area contributed by atoms with Gasteiger partial charge in [-0.2, -0.15) is 0 Å². The van der Waals surface area contributed by atoms with Crippen molar-refractivity contribution in [3.63, 3.8) is 0 Å². The van der Waals surface area contributed by atoms with Crippen LogP contribution < -0.4 is 9.88 Å². The molecule has 0 saturated carbocycles. The van der Waals surface area contributed by atoms with Crippen LogP contribution in [0.25, 0.3) is 0 Å². The fourth-order valence-electron chi connectivity index (χ4n) is 1.23. The highest BCUT2D eigenvalue weighted by Crippen LogP contribution is 2.23. The molecule has 5 nitrogen and oxygen atoms in total. The minimum Gasteiger partial charge on any atom is -0.495 e. The van der Waals surface area contributed by atoms with E-state index in [1.54, 1.807) is 6.07 Å². The van der Waals surface area contributed by atoms with Gasteiger partial charge in [-0.05, 0) is 24.1 Å². The molecule has 0 unspecified atom stereocenters. The van der Waals surface area contributed by atoms with Crippen LogP contribution in [0.2, 0.25) is 0 Å². The molecule has 84 valence electrons. The lowest BCUT2D eigenvalue weighted by atomic mass is 10.1. The summed E-state index contributed by atoms with van der Waals surface area (Å²) in [6, 6.07) is 4.61. The van der Waals surface area contributed by atoms with Crippen molar-refractivity contribution < 1.29 is 18.3 Å². The summed E-state index contributed by atoms with van der Waals surface area (Å²) in [7, 11) is -2.42. The van der Waals surface area contributed by atoms with E-state index < -0.39 is 10.0 Å². The fourth-order valence-corrected chi connectivity index (χ4v) is 1.98. The summed E-state index contributed by atoms with van der Waals surface area (Å²) < 4.78 is 27.3. The highest BCUT2D eigenvalue weighted by atomic mass is 32.2. The van der Waals surface area contributed by atoms with Gasteiger partial charge in [0.05, 0.1) is 7.11 Å². The largest absolute Gasteiger partial charge is 0.495 e. The first-order chi connectivity index (χ1) is 6.99. The van der Waals surface area contributed by atoms with E-state index in [0.29, 0.717) is 12.0 Å². The van der Waals surface area contributed by atoms with Crippen LogP contribution in [0.5, 0.6) is 5.75 Å². The molecule has 3 N–H and O–H groups in total. The number of hydrogen-bond acceptors (Lipinski definition) is 4. The smallest absolute Gasteiger partial charge is 0.241 e. The topological polar surface area (TPSA) is 89.6 Å². The van der Waals surface area contributed by atoms with Gasteiger partial charge in [0.1, 0.15) is 10.6 Å². The molecule has 0 aliphatic heterocycles. The van der Waals surface area contributed by atoms with E-state index in [1.807, 2.05) is 0 Å². The predicted octanol–water partition coefficient (Wildman–Crippen LogP) is -0.123. The maximum Gasteiger partial charge on any atom is 0.241 e. The molecule has 0 heterocycles. The van der Waals surface area contributed by atoms with Gasteiger partial charge >= 0.3 is 0 Å². The summed E-state index contributed by atoms with van der Waals surface area (Å²) in [6.45, 7) is -0.0453. The second-order valence-electron chi connectivity index (χ2n) is 3.00. The molecule has 0 bridgehead atoms. The summed E-state index contributed by atoms with van der Waals surface area (Å²) in [5.74, 6) is 0.208. The van der Waals surface area contributed by atoms with Gasteiger partial charge in [0, 0.05) is 6.61 Å². The van der Waals surface area contributed by atoms with Crippen LogP contribution >= 0.6 is 0 Å². The Kier molecular flexibility index (Phi) is 3.67. The first-order valence-electron chi connectivity index (χ1n) is 4.29. The molecule has 0 atom stereocenters. The molecule has 0 saturated heterocycles. The highest BCUT2D eigenvalue weighted by Gasteiger charge is 2.15. The van der Waals surface area contributed by atoms with Gasteiger partial charge in [-0.1, -0.05) is 6.07 Å². The van der Waals surface area contributed by atoms with E-state index in [4.69, 9.17) is 15.0 Å². The summed E-state index contributed by atoms with van der Waals surface area (Å²) in [5.41, 5.74) is 0.697. The summed E-state index contributed by atoms with van der Waals surface area (Å²) >= 11 is 0. The average Bonchev–Trinajstić information content (AvgIpc) is 2.17. The lowest BCUT2D eigenvalue weighted by molar-refractivity contribution is 0.299. The zero-order valence-electron chi connectivity index (χ0n) is 8.30. The van der Waals surface area contributed by atoms with E-state index >= 15 is 0 Å². The van der Waals surface area contributed by atoms with Crippen LogP contribution in [0.4, 0.5) is 0 Å². The monoisotopic (exact) mass is 231 g/mol. The van der Waals surface area contributed by atoms with Crippen LogP contribution in [0.15, 0.2) is 23.1 Å². The van der Waals surface area contributed by atoms with Gasteiger partial charge in [-0.15, -0.1) is 0 Å². The Hall–Kier alpha value is -1.11. The van der Waals surface area contributed by atoms with Crippen LogP contribution in [0, 0.1) is 0 Å². The standard InChI is InChI=1S/C9H13NO4S/c1-14-8-3-2-7(4-5-11)6-9(8)15(10,12)13/h2-3,6,11H,4-5H2,1H3,(H2,10,12,13). The van der Waals surface area contributed by atoms with Crippen molar-refractivity contribution in [2.45, 2.75) is 11.3 Å². The number of nitrogens with two attached hydrogens (primary N) is 1. The van der Waals surface area contributed by atoms with Crippen LogP contribution in [-0.2, 0) is 16.4 Å². The van der Waals surface area contributed by atoms with E-state index in [2.05, 4.69) is 0 Å². The molecule has 1 rings (SSSR count). The maximum absolute atomic E-state index is 11.2. The van der Waals surface area contributed by atoms with Crippen LogP contribution in [0.3, 0.4) is 0 Å². The first kappa shape index (κ1) is 12.0. The van der Waals surface area contributed by atoms with Crippen LogP contribution in [0.1, 0.15) is 5.56 Å². The number of aliphatic hydroxyl groups is 1. The zero-order valence-corrected chi connectivity index (χ0v) is 9.12. The molecular formula is C9H13NO4S. The molecule has 0 aromatic heterocycles. The number of hydrogen-bond donors (Lipinski definition) is 2. The molecule has 0 aliphatic rings. The van der Waals surface area contributed by atoms with Crippen LogP contribution in [-0.4, -0.2) is 27.2 Å². The number of rotatable bonds is 4. The van der Waals surface area contributed by atoms with Gasteiger partial charge in [0.15, 0.2) is 0 Å². The fraction of sp³-hybridized carbons (Fsp3) is 0.333. The minimum atomic E-state index is -3.79. The lowest BCUT2D eigenvalue weighted by Crippen LogP contribution is -2.14. The van der Waals surface area contributed by atoms with Crippen molar-refractivity contribution in [3.05, 3.63) is 23.8 Å². The third-order valence-electron chi connectivity index (χ3n) is 1.94. The normalized spacial score (nSPS) is 11.4. The average molecular weight is 231 g/mol. The molecule has 1 aromatic carbocycles. The van der Waals surface area contributed by atoms with Crippen molar-refractivity contribution in [2.75, 3.05) is 13.7 Å². The molecule has 0 amide bonds. The lowest BCUT2D eigenvalue weighted by Gasteiger charge is -2.08. The Morgan fingerprint density at radius 3 is 2.60 bits per heavy atom. The highest BCUT2D eigenvalue weighted by molar-refractivity contribution is 7.89. The number of methoxy groups -OCH3 is 1. The van der Waals surface area contributed by atoms with Gasteiger partial charge in [0.2, 0.25) is 10.0 Å². The van der Waals surface area contributed by atoms with Crippen molar-refractivity contribution in [1.82, 2.24) is 0 Å². The zero-order chi connectivity index (χ0) is 11.5. The van der Waals surface area contributed by atoms with Gasteiger partial charge in [0.25, 0.3) is 0 Å². The third kappa shape index (κ3) is 2.92. The van der Waals surface area contributed by atoms with Gasteiger partial charge < -0.3 is 9.84 Å². The molecular weight excluding hydrogens is 218 g/mol. The third-order valence-corrected chi connectivity index (χ3v) is 2.87. The summed E-state index contributed by atoms with van der Waals surface area (Å²) in [5, 5.41) is 13.8. The quantitative estimate of drug-likeness (QED) is 0.755. The van der Waals surface area contributed by atoms with E-state index in [0.717, 1.165) is 0 Å². The SMILES string of the molecule is COc1ccc(CCO)cc1S(N)(=O)=O.